The van der Waals surface area contributed by atoms with Gasteiger partial charge >= 0.3 is 0 Å². The number of H-pyrrole nitrogens is 1. The van der Waals surface area contributed by atoms with E-state index in [4.69, 9.17) is 4.74 Å². The standard InChI is InChI=1S/C16H21FN2.C9H9F2NO/c1-11-8-13-12-6-4-5-7-14(12)18-15(13)9-19(11)10-16(2,3)17;10-6-1-7(11)3-8(2-6)13-9-4-12-5-9/h4-7,11,18H,8-10H2,1-3H3;1-3,9,12H,4-5H2/t11-;/m1./s1. The smallest absolute Gasteiger partial charge is 0.129 e. The zero-order valence-corrected chi connectivity index (χ0v) is 18.7. The summed E-state index contributed by atoms with van der Waals surface area (Å²) < 4.78 is 44.5. The van der Waals surface area contributed by atoms with Crippen LogP contribution in [-0.2, 0) is 13.0 Å². The number of rotatable bonds is 4. The molecule has 0 spiro atoms. The first-order chi connectivity index (χ1) is 15.2. The van der Waals surface area contributed by atoms with Gasteiger partial charge in [0.2, 0.25) is 0 Å². The maximum Gasteiger partial charge on any atom is 0.129 e. The quantitative estimate of drug-likeness (QED) is 0.595. The predicted octanol–water partition coefficient (Wildman–Crippen LogP) is 4.98. The molecule has 3 aromatic rings. The topological polar surface area (TPSA) is 40.3 Å². The van der Waals surface area contributed by atoms with E-state index in [2.05, 4.69) is 46.4 Å². The highest BCUT2D eigenvalue weighted by atomic mass is 19.1. The lowest BCUT2D eigenvalue weighted by molar-refractivity contribution is 0.0853. The van der Waals surface area contributed by atoms with Crippen LogP contribution in [0.1, 0.15) is 32.0 Å². The molecule has 2 aromatic carbocycles. The third-order valence-electron chi connectivity index (χ3n) is 5.85. The number of fused-ring (bicyclic) bond motifs is 3. The van der Waals surface area contributed by atoms with Crippen LogP contribution in [0.2, 0.25) is 0 Å². The molecule has 2 N–H and O–H groups in total. The SMILES string of the molecule is C[C@@H]1Cc2c([nH]c3ccccc23)CN1CC(C)(C)F.Fc1cc(F)cc(OC2CNC2)c1. The van der Waals surface area contributed by atoms with Gasteiger partial charge in [0.05, 0.1) is 0 Å². The lowest BCUT2D eigenvalue weighted by Gasteiger charge is -2.36. The Labute approximate surface area is 186 Å². The first kappa shape index (κ1) is 22.7. The van der Waals surface area contributed by atoms with Crippen molar-refractivity contribution in [3.05, 3.63) is 65.4 Å². The Balaban J connectivity index is 0.000000165. The normalized spacial score (nSPS) is 19.1. The summed E-state index contributed by atoms with van der Waals surface area (Å²) in [5.41, 5.74) is 2.72. The van der Waals surface area contributed by atoms with Crippen LogP contribution in [0.4, 0.5) is 13.2 Å². The number of alkyl halides is 1. The molecule has 0 saturated carbocycles. The molecular formula is C25H30F3N3O. The molecule has 0 bridgehead atoms. The molecule has 7 heteroatoms. The minimum absolute atomic E-state index is 0.0428. The Morgan fingerprint density at radius 3 is 2.41 bits per heavy atom. The van der Waals surface area contributed by atoms with Gasteiger partial charge in [-0.15, -0.1) is 0 Å². The molecule has 0 amide bonds. The van der Waals surface area contributed by atoms with E-state index < -0.39 is 17.3 Å². The van der Waals surface area contributed by atoms with Crippen LogP contribution in [0.15, 0.2) is 42.5 Å². The van der Waals surface area contributed by atoms with Gasteiger partial charge in [-0.05, 0) is 38.8 Å². The number of hydrogen-bond acceptors (Lipinski definition) is 3. The summed E-state index contributed by atoms with van der Waals surface area (Å²) in [5.74, 6) is -0.964. The van der Waals surface area contributed by atoms with Crippen LogP contribution in [0.5, 0.6) is 5.75 Å². The average Bonchev–Trinajstić information content (AvgIpc) is 3.01. The molecule has 0 aliphatic carbocycles. The number of halogens is 3. The molecule has 1 fully saturated rings. The number of nitrogens with zero attached hydrogens (tertiary/aromatic N) is 1. The number of para-hydroxylation sites is 1. The van der Waals surface area contributed by atoms with Crippen molar-refractivity contribution in [3.63, 3.8) is 0 Å². The van der Waals surface area contributed by atoms with E-state index in [1.165, 1.54) is 34.3 Å². The molecule has 0 radical (unpaired) electrons. The van der Waals surface area contributed by atoms with Crippen LogP contribution in [0, 0.1) is 11.6 Å². The number of hydrogen-bond donors (Lipinski definition) is 2. The second-order valence-corrected chi connectivity index (χ2v) is 9.31. The molecule has 3 heterocycles. The average molecular weight is 446 g/mol. The summed E-state index contributed by atoms with van der Waals surface area (Å²) in [5, 5.41) is 4.32. The Hall–Kier alpha value is -2.51. The van der Waals surface area contributed by atoms with Gasteiger partial charge in [-0.3, -0.25) is 4.90 Å². The lowest BCUT2D eigenvalue weighted by Crippen LogP contribution is -2.50. The van der Waals surface area contributed by atoms with Crippen LogP contribution in [0.3, 0.4) is 0 Å². The molecule has 4 nitrogen and oxygen atoms in total. The molecule has 2 aliphatic heterocycles. The van der Waals surface area contributed by atoms with Crippen molar-refractivity contribution in [1.29, 1.82) is 0 Å². The molecule has 1 saturated heterocycles. The zero-order valence-electron chi connectivity index (χ0n) is 18.7. The summed E-state index contributed by atoms with van der Waals surface area (Å²) in [7, 11) is 0. The Morgan fingerprint density at radius 2 is 1.78 bits per heavy atom. The summed E-state index contributed by atoms with van der Waals surface area (Å²) in [4.78, 5) is 5.72. The Bertz CT molecular complexity index is 1050. The highest BCUT2D eigenvalue weighted by Gasteiger charge is 2.30. The summed E-state index contributed by atoms with van der Waals surface area (Å²) in [6.07, 6.45) is 1.04. The monoisotopic (exact) mass is 445 g/mol. The van der Waals surface area contributed by atoms with Gasteiger partial charge in [0.1, 0.15) is 29.2 Å². The van der Waals surface area contributed by atoms with Crippen LogP contribution in [0.25, 0.3) is 10.9 Å². The number of benzene rings is 2. The largest absolute Gasteiger partial charge is 0.488 e. The van der Waals surface area contributed by atoms with Gasteiger partial charge in [0, 0.05) is 67.0 Å². The molecule has 172 valence electrons. The molecule has 0 unspecified atom stereocenters. The van der Waals surface area contributed by atoms with Gasteiger partial charge in [-0.25, -0.2) is 13.2 Å². The van der Waals surface area contributed by atoms with Gasteiger partial charge in [0.25, 0.3) is 0 Å². The summed E-state index contributed by atoms with van der Waals surface area (Å²) in [6.45, 7) is 8.27. The zero-order chi connectivity index (χ0) is 22.9. The first-order valence-corrected chi connectivity index (χ1v) is 11.0. The molecular weight excluding hydrogens is 415 g/mol. The molecule has 1 aromatic heterocycles. The molecule has 1 atom stereocenters. The van der Waals surface area contributed by atoms with Gasteiger partial charge in [-0.1, -0.05) is 18.2 Å². The summed E-state index contributed by atoms with van der Waals surface area (Å²) >= 11 is 0. The van der Waals surface area contributed by atoms with E-state index in [1.807, 2.05) is 0 Å². The fourth-order valence-electron chi connectivity index (χ4n) is 4.24. The summed E-state index contributed by atoms with van der Waals surface area (Å²) in [6, 6.07) is 12.0. The van der Waals surface area contributed by atoms with Gasteiger partial charge in [0.15, 0.2) is 0 Å². The fourth-order valence-corrected chi connectivity index (χ4v) is 4.24. The Morgan fingerprint density at radius 1 is 1.09 bits per heavy atom. The number of ether oxygens (including phenoxy) is 1. The van der Waals surface area contributed by atoms with E-state index in [-0.39, 0.29) is 11.9 Å². The van der Waals surface area contributed by atoms with Gasteiger partial charge < -0.3 is 15.0 Å². The van der Waals surface area contributed by atoms with Crippen LogP contribution >= 0.6 is 0 Å². The Kier molecular flexibility index (Phi) is 6.49. The van der Waals surface area contributed by atoms with Crippen LogP contribution in [-0.4, -0.2) is 47.3 Å². The third-order valence-corrected chi connectivity index (χ3v) is 5.85. The molecule has 32 heavy (non-hydrogen) atoms. The fraction of sp³-hybridized carbons (Fsp3) is 0.440. The molecule has 2 aliphatic rings. The van der Waals surface area contributed by atoms with Gasteiger partial charge in [-0.2, -0.15) is 0 Å². The van der Waals surface area contributed by atoms with Crippen molar-refractivity contribution in [2.75, 3.05) is 19.6 Å². The first-order valence-electron chi connectivity index (χ1n) is 11.0. The third kappa shape index (κ3) is 5.45. The highest BCUT2D eigenvalue weighted by Crippen LogP contribution is 2.31. The van der Waals surface area contributed by atoms with E-state index >= 15 is 0 Å². The van der Waals surface area contributed by atoms with E-state index in [1.54, 1.807) is 13.8 Å². The number of aromatic nitrogens is 1. The van der Waals surface area contributed by atoms with E-state index in [9.17, 15) is 13.2 Å². The second kappa shape index (κ2) is 9.16. The molecule has 5 rings (SSSR count). The van der Waals surface area contributed by atoms with Crippen molar-refractivity contribution in [2.24, 2.45) is 0 Å². The lowest BCUT2D eigenvalue weighted by atomic mass is 9.96. The van der Waals surface area contributed by atoms with Crippen molar-refractivity contribution < 1.29 is 17.9 Å². The minimum atomic E-state index is -1.14. The van der Waals surface area contributed by atoms with Crippen molar-refractivity contribution in [2.45, 2.75) is 51.6 Å². The maximum absolute atomic E-state index is 13.9. The highest BCUT2D eigenvalue weighted by molar-refractivity contribution is 5.84. The second-order valence-electron chi connectivity index (χ2n) is 9.31. The number of aromatic amines is 1. The predicted molar refractivity (Wildman–Crippen MR) is 121 cm³/mol. The minimum Gasteiger partial charge on any atom is -0.488 e. The van der Waals surface area contributed by atoms with Crippen molar-refractivity contribution in [3.8, 4) is 5.75 Å². The van der Waals surface area contributed by atoms with Crippen LogP contribution < -0.4 is 10.1 Å². The van der Waals surface area contributed by atoms with E-state index in [0.717, 1.165) is 32.1 Å². The van der Waals surface area contributed by atoms with Crippen molar-refractivity contribution >= 4 is 10.9 Å². The van der Waals surface area contributed by atoms with E-state index in [0.29, 0.717) is 12.6 Å². The maximum atomic E-state index is 13.9. The number of nitrogens with one attached hydrogen (secondary N) is 2. The van der Waals surface area contributed by atoms with Crippen molar-refractivity contribution in [1.82, 2.24) is 15.2 Å².